The van der Waals surface area contributed by atoms with Crippen LogP contribution in [-0.2, 0) is 23.1 Å². The molecular formula is C16H14F3N3O3S. The zero-order valence-electron chi connectivity index (χ0n) is 13.8. The molecule has 0 aliphatic rings. The van der Waals surface area contributed by atoms with Crippen LogP contribution in [0.4, 0.5) is 13.2 Å². The minimum Gasteiger partial charge on any atom is -0.611 e. The highest BCUT2D eigenvalue weighted by molar-refractivity contribution is 7.91. The zero-order valence-corrected chi connectivity index (χ0v) is 14.6. The van der Waals surface area contributed by atoms with Gasteiger partial charge < -0.3 is 19.0 Å². The van der Waals surface area contributed by atoms with Gasteiger partial charge in [0.1, 0.15) is 16.8 Å². The van der Waals surface area contributed by atoms with E-state index in [1.54, 1.807) is 6.07 Å². The molecule has 2 heterocycles. The highest BCUT2D eigenvalue weighted by Gasteiger charge is 2.39. The number of halogens is 3. The molecule has 1 atom stereocenters. The number of aromatic nitrogens is 3. The minimum atomic E-state index is -4.67. The van der Waals surface area contributed by atoms with Gasteiger partial charge in [-0.1, -0.05) is 0 Å². The van der Waals surface area contributed by atoms with Crippen molar-refractivity contribution in [2.75, 3.05) is 14.2 Å². The van der Waals surface area contributed by atoms with Gasteiger partial charge in [0, 0.05) is 12.3 Å². The van der Waals surface area contributed by atoms with Crippen LogP contribution in [0.1, 0.15) is 11.3 Å². The molecular weight excluding hydrogens is 371 g/mol. The first-order valence-electron chi connectivity index (χ1n) is 7.34. The van der Waals surface area contributed by atoms with Gasteiger partial charge in [0.2, 0.25) is 0 Å². The summed E-state index contributed by atoms with van der Waals surface area (Å²) in [4.78, 5) is 10.4. The number of aromatic amines is 1. The zero-order chi connectivity index (χ0) is 18.9. The van der Waals surface area contributed by atoms with Crippen molar-refractivity contribution in [3.8, 4) is 11.8 Å². The monoisotopic (exact) mass is 385 g/mol. The molecule has 10 heteroatoms. The lowest BCUT2D eigenvalue weighted by Gasteiger charge is -2.16. The number of nitrogens with zero attached hydrogens (tertiary/aromatic N) is 2. The number of methoxy groups -OCH3 is 2. The number of H-pyrrole nitrogens is 1. The third kappa shape index (κ3) is 3.56. The normalized spacial score (nSPS) is 13.0. The number of nitrogens with one attached hydrogen (secondary N) is 1. The van der Waals surface area contributed by atoms with Gasteiger partial charge in [0.05, 0.1) is 25.4 Å². The predicted molar refractivity (Wildman–Crippen MR) is 88.5 cm³/mol. The Bertz CT molecular complexity index is 930. The Morgan fingerprint density at radius 3 is 2.62 bits per heavy atom. The van der Waals surface area contributed by atoms with Gasteiger partial charge in [0.25, 0.3) is 6.01 Å². The van der Waals surface area contributed by atoms with Gasteiger partial charge in [-0.2, -0.15) is 18.2 Å². The number of fused-ring (bicyclic) bond motifs is 1. The van der Waals surface area contributed by atoms with Crippen LogP contribution in [0.2, 0.25) is 0 Å². The molecule has 0 fully saturated rings. The second kappa shape index (κ2) is 7.04. The lowest BCUT2D eigenvalue weighted by molar-refractivity contribution is -0.139. The van der Waals surface area contributed by atoms with Crippen molar-refractivity contribution in [2.24, 2.45) is 0 Å². The summed E-state index contributed by atoms with van der Waals surface area (Å²) < 4.78 is 63.1. The Morgan fingerprint density at radius 2 is 1.96 bits per heavy atom. The minimum absolute atomic E-state index is 0.0390. The van der Waals surface area contributed by atoms with Crippen LogP contribution in [0.15, 0.2) is 35.4 Å². The van der Waals surface area contributed by atoms with E-state index in [1.807, 2.05) is 0 Å². The van der Waals surface area contributed by atoms with Gasteiger partial charge in [-0.05, 0) is 29.4 Å². The predicted octanol–water partition coefficient (Wildman–Crippen LogP) is 3.30. The van der Waals surface area contributed by atoms with Crippen molar-refractivity contribution in [3.63, 3.8) is 0 Å². The summed E-state index contributed by atoms with van der Waals surface area (Å²) in [5, 5.41) is 0. The maximum Gasteiger partial charge on any atom is 0.421 e. The fourth-order valence-corrected chi connectivity index (χ4v) is 3.82. The Kier molecular flexibility index (Phi) is 4.97. The van der Waals surface area contributed by atoms with E-state index in [0.717, 1.165) is 6.07 Å². The van der Waals surface area contributed by atoms with E-state index in [0.29, 0.717) is 17.0 Å². The molecule has 0 spiro atoms. The molecule has 1 unspecified atom stereocenters. The van der Waals surface area contributed by atoms with Crippen LogP contribution < -0.4 is 9.47 Å². The number of alkyl halides is 3. The second-order valence-corrected chi connectivity index (χ2v) is 6.65. The van der Waals surface area contributed by atoms with Gasteiger partial charge in [-0.15, -0.1) is 0 Å². The summed E-state index contributed by atoms with van der Waals surface area (Å²) in [7, 11) is 2.79. The van der Waals surface area contributed by atoms with E-state index in [4.69, 9.17) is 9.47 Å². The second-order valence-electron chi connectivity index (χ2n) is 5.26. The van der Waals surface area contributed by atoms with Crippen molar-refractivity contribution >= 4 is 22.2 Å². The average Bonchev–Trinajstić information content (AvgIpc) is 3.03. The fourth-order valence-electron chi connectivity index (χ4n) is 2.45. The molecule has 0 bridgehead atoms. The molecule has 1 N–H and O–H groups in total. The molecule has 6 nitrogen and oxygen atoms in total. The number of benzene rings is 1. The number of pyridine rings is 1. The molecule has 0 amide bonds. The first-order valence-corrected chi connectivity index (χ1v) is 8.66. The SMILES string of the molecule is COc1ccnc(C[S+]([O-])c2c(C(F)(F)F)ccc3[nH]c(OC)nc23)c1. The van der Waals surface area contributed by atoms with Crippen molar-refractivity contribution in [1.82, 2.24) is 15.0 Å². The highest BCUT2D eigenvalue weighted by atomic mass is 32.2. The molecule has 3 rings (SSSR count). The van der Waals surface area contributed by atoms with E-state index < -0.39 is 27.8 Å². The number of hydrogen-bond acceptors (Lipinski definition) is 5. The quantitative estimate of drug-likeness (QED) is 0.682. The van der Waals surface area contributed by atoms with Crippen LogP contribution in [0.5, 0.6) is 11.8 Å². The number of rotatable bonds is 5. The molecule has 0 saturated heterocycles. The van der Waals surface area contributed by atoms with Gasteiger partial charge >= 0.3 is 6.18 Å². The molecule has 2 aromatic heterocycles. The lowest BCUT2D eigenvalue weighted by atomic mass is 10.2. The molecule has 0 aliphatic carbocycles. The molecule has 26 heavy (non-hydrogen) atoms. The molecule has 0 radical (unpaired) electrons. The molecule has 0 saturated carbocycles. The Hall–Kier alpha value is -2.46. The summed E-state index contributed by atoms with van der Waals surface area (Å²) in [5.41, 5.74) is -0.398. The standard InChI is InChI=1S/C16H14F3N3O3S/c1-24-10-5-6-20-9(7-10)8-26(23)14-11(16(17,18)19)3-4-12-13(14)22-15(21-12)25-2/h3-7H,8H2,1-2H3,(H,21,22). The average molecular weight is 385 g/mol. The number of imidazole rings is 1. The van der Waals surface area contributed by atoms with Crippen molar-refractivity contribution in [3.05, 3.63) is 41.7 Å². The smallest absolute Gasteiger partial charge is 0.421 e. The number of hydrogen-bond donors (Lipinski definition) is 1. The van der Waals surface area contributed by atoms with E-state index >= 15 is 0 Å². The first-order chi connectivity index (χ1) is 12.3. The maximum absolute atomic E-state index is 13.4. The molecule has 3 aromatic rings. The molecule has 138 valence electrons. The van der Waals surface area contributed by atoms with Crippen LogP contribution in [-0.4, -0.2) is 33.7 Å². The molecule has 0 aliphatic heterocycles. The van der Waals surface area contributed by atoms with Crippen molar-refractivity contribution < 1.29 is 27.2 Å². The Labute approximate surface area is 149 Å². The van der Waals surface area contributed by atoms with E-state index in [9.17, 15) is 17.7 Å². The summed E-state index contributed by atoms with van der Waals surface area (Å²) >= 11 is -2.04. The Morgan fingerprint density at radius 1 is 1.19 bits per heavy atom. The first kappa shape index (κ1) is 18.3. The van der Waals surface area contributed by atoms with Gasteiger partial charge in [-0.3, -0.25) is 4.98 Å². The van der Waals surface area contributed by atoms with Crippen molar-refractivity contribution in [1.29, 1.82) is 0 Å². The number of ether oxygens (including phenoxy) is 2. The topological polar surface area (TPSA) is 83.1 Å². The van der Waals surface area contributed by atoms with Crippen LogP contribution in [0.3, 0.4) is 0 Å². The lowest BCUT2D eigenvalue weighted by Crippen LogP contribution is -2.16. The summed E-state index contributed by atoms with van der Waals surface area (Å²) in [6, 6.07) is 5.27. The van der Waals surface area contributed by atoms with Gasteiger partial charge in [-0.25, -0.2) is 0 Å². The summed E-state index contributed by atoms with van der Waals surface area (Å²) in [6.45, 7) is 0. The highest BCUT2D eigenvalue weighted by Crippen LogP contribution is 2.39. The fraction of sp³-hybridized carbons (Fsp3) is 0.250. The van der Waals surface area contributed by atoms with Gasteiger partial charge in [0.15, 0.2) is 10.6 Å². The van der Waals surface area contributed by atoms with E-state index in [-0.39, 0.29) is 17.3 Å². The third-order valence-corrected chi connectivity index (χ3v) is 5.04. The summed E-state index contributed by atoms with van der Waals surface area (Å²) in [6.07, 6.45) is -3.23. The van der Waals surface area contributed by atoms with Crippen LogP contribution in [0, 0.1) is 0 Å². The maximum atomic E-state index is 13.4. The van der Waals surface area contributed by atoms with Crippen LogP contribution in [0.25, 0.3) is 11.0 Å². The van der Waals surface area contributed by atoms with Crippen LogP contribution >= 0.6 is 0 Å². The largest absolute Gasteiger partial charge is 0.611 e. The molecule has 1 aromatic carbocycles. The van der Waals surface area contributed by atoms with Crippen molar-refractivity contribution in [2.45, 2.75) is 16.8 Å². The summed E-state index contributed by atoms with van der Waals surface area (Å²) in [5.74, 6) is 0.261. The van der Waals surface area contributed by atoms with E-state index in [2.05, 4.69) is 15.0 Å². The van der Waals surface area contributed by atoms with E-state index in [1.165, 1.54) is 32.5 Å². The Balaban J connectivity index is 2.09. The third-order valence-electron chi connectivity index (χ3n) is 3.62.